The molecular weight excluding hydrogens is 210 g/mol. The van der Waals surface area contributed by atoms with Gasteiger partial charge in [0.25, 0.3) is 5.91 Å². The molecule has 1 aliphatic rings. The van der Waals surface area contributed by atoms with Crippen molar-refractivity contribution in [2.24, 2.45) is 0 Å². The molecule has 1 aromatic rings. The summed E-state index contributed by atoms with van der Waals surface area (Å²) in [5.74, 6) is 0.762. The van der Waals surface area contributed by atoms with Crippen molar-refractivity contribution in [3.05, 3.63) is 23.8 Å². The van der Waals surface area contributed by atoms with Crippen LogP contribution in [-0.4, -0.2) is 30.5 Å². The lowest BCUT2D eigenvalue weighted by Crippen LogP contribution is -2.35. The van der Waals surface area contributed by atoms with E-state index in [4.69, 9.17) is 14.6 Å². The first-order valence-electron chi connectivity index (χ1n) is 5.02. The van der Waals surface area contributed by atoms with Crippen LogP contribution in [-0.2, 0) is 0 Å². The maximum Gasteiger partial charge on any atom is 0.255 e. The monoisotopic (exact) mass is 223 g/mol. The molecule has 2 rings (SSSR count). The van der Waals surface area contributed by atoms with Gasteiger partial charge in [0.2, 0.25) is 6.79 Å². The molecule has 2 N–H and O–H groups in total. The lowest BCUT2D eigenvalue weighted by atomic mass is 10.1. The number of aliphatic hydroxyl groups is 1. The van der Waals surface area contributed by atoms with Crippen LogP contribution >= 0.6 is 0 Å². The summed E-state index contributed by atoms with van der Waals surface area (Å²) in [5.41, 5.74) is 0.426. The molecule has 1 heterocycles. The standard InChI is InChI=1S/C11H13NO4/c1-7(5-13)12-11(14)8-3-2-4-9-10(8)16-6-15-9/h2-4,7,13H,5-6H2,1H3,(H,12,14). The molecular formula is C11H13NO4. The summed E-state index contributed by atoms with van der Waals surface area (Å²) in [7, 11) is 0. The number of para-hydroxylation sites is 1. The molecule has 1 unspecified atom stereocenters. The van der Waals surface area contributed by atoms with Crippen LogP contribution in [0.2, 0.25) is 0 Å². The van der Waals surface area contributed by atoms with Gasteiger partial charge in [0.15, 0.2) is 11.5 Å². The minimum atomic E-state index is -0.286. The number of carbonyl (C=O) groups is 1. The minimum absolute atomic E-state index is 0.0991. The molecule has 0 saturated carbocycles. The van der Waals surface area contributed by atoms with Gasteiger partial charge >= 0.3 is 0 Å². The Hall–Kier alpha value is -1.75. The van der Waals surface area contributed by atoms with E-state index in [1.54, 1.807) is 25.1 Å². The van der Waals surface area contributed by atoms with Gasteiger partial charge in [-0.05, 0) is 19.1 Å². The lowest BCUT2D eigenvalue weighted by molar-refractivity contribution is 0.0917. The van der Waals surface area contributed by atoms with Gasteiger partial charge in [-0.25, -0.2) is 0 Å². The molecule has 1 amide bonds. The number of fused-ring (bicyclic) bond motifs is 1. The van der Waals surface area contributed by atoms with Crippen molar-refractivity contribution < 1.29 is 19.4 Å². The van der Waals surface area contributed by atoms with E-state index in [9.17, 15) is 4.79 Å². The van der Waals surface area contributed by atoms with Crippen LogP contribution in [0.25, 0.3) is 0 Å². The molecule has 1 aromatic carbocycles. The predicted molar refractivity (Wildman–Crippen MR) is 56.6 cm³/mol. The zero-order valence-electron chi connectivity index (χ0n) is 8.90. The molecule has 5 nitrogen and oxygen atoms in total. The first kappa shape index (κ1) is 10.8. The van der Waals surface area contributed by atoms with Gasteiger partial charge in [0.05, 0.1) is 12.2 Å². The maximum absolute atomic E-state index is 11.8. The summed E-state index contributed by atoms with van der Waals surface area (Å²) in [6, 6.07) is 4.85. The van der Waals surface area contributed by atoms with Crippen LogP contribution in [0, 0.1) is 0 Å². The molecule has 0 bridgehead atoms. The summed E-state index contributed by atoms with van der Waals surface area (Å²) in [4.78, 5) is 11.8. The highest BCUT2D eigenvalue weighted by molar-refractivity contribution is 5.98. The number of carbonyl (C=O) groups excluding carboxylic acids is 1. The molecule has 16 heavy (non-hydrogen) atoms. The van der Waals surface area contributed by atoms with Gasteiger partial charge in [-0.3, -0.25) is 4.79 Å². The highest BCUT2D eigenvalue weighted by atomic mass is 16.7. The van der Waals surface area contributed by atoms with Crippen molar-refractivity contribution in [1.82, 2.24) is 5.32 Å². The molecule has 0 radical (unpaired) electrons. The van der Waals surface area contributed by atoms with Crippen LogP contribution in [0.3, 0.4) is 0 Å². The van der Waals surface area contributed by atoms with Gasteiger partial charge in [-0.2, -0.15) is 0 Å². The fourth-order valence-corrected chi connectivity index (χ4v) is 1.46. The van der Waals surface area contributed by atoms with Gasteiger partial charge in [0.1, 0.15) is 0 Å². The van der Waals surface area contributed by atoms with Crippen LogP contribution in [0.15, 0.2) is 18.2 Å². The van der Waals surface area contributed by atoms with Crippen molar-refractivity contribution in [2.75, 3.05) is 13.4 Å². The molecule has 1 atom stereocenters. The van der Waals surface area contributed by atoms with Crippen molar-refractivity contribution in [1.29, 1.82) is 0 Å². The molecule has 1 aliphatic heterocycles. The average molecular weight is 223 g/mol. The summed E-state index contributed by atoms with van der Waals surface area (Å²) >= 11 is 0. The number of aliphatic hydroxyl groups excluding tert-OH is 1. The Morgan fingerprint density at radius 3 is 3.12 bits per heavy atom. The van der Waals surface area contributed by atoms with E-state index < -0.39 is 0 Å². The third kappa shape index (κ3) is 1.94. The van der Waals surface area contributed by atoms with E-state index >= 15 is 0 Å². The smallest absolute Gasteiger partial charge is 0.255 e. The first-order chi connectivity index (χ1) is 7.72. The van der Waals surface area contributed by atoms with E-state index in [2.05, 4.69) is 5.32 Å². The van der Waals surface area contributed by atoms with E-state index in [-0.39, 0.29) is 25.3 Å². The fraction of sp³-hybridized carbons (Fsp3) is 0.364. The number of nitrogens with one attached hydrogen (secondary N) is 1. The Bertz CT molecular complexity index is 405. The predicted octanol–water partition coefficient (Wildman–Crippen LogP) is 0.526. The zero-order valence-corrected chi connectivity index (χ0v) is 8.90. The third-order valence-corrected chi connectivity index (χ3v) is 2.29. The topological polar surface area (TPSA) is 67.8 Å². The summed E-state index contributed by atoms with van der Waals surface area (Å²) in [6.45, 7) is 1.76. The normalized spacial score (nSPS) is 14.6. The van der Waals surface area contributed by atoms with Gasteiger partial charge in [-0.1, -0.05) is 6.07 Å². The Morgan fingerprint density at radius 1 is 1.56 bits per heavy atom. The highest BCUT2D eigenvalue weighted by Crippen LogP contribution is 2.35. The Morgan fingerprint density at radius 2 is 2.38 bits per heavy atom. The maximum atomic E-state index is 11.8. The Balaban J connectivity index is 2.21. The number of hydrogen-bond donors (Lipinski definition) is 2. The van der Waals surface area contributed by atoms with Gasteiger partial charge < -0.3 is 19.9 Å². The number of benzene rings is 1. The fourth-order valence-electron chi connectivity index (χ4n) is 1.46. The number of rotatable bonds is 3. The van der Waals surface area contributed by atoms with Crippen LogP contribution in [0.4, 0.5) is 0 Å². The van der Waals surface area contributed by atoms with Crippen molar-refractivity contribution in [2.45, 2.75) is 13.0 Å². The molecule has 0 aromatic heterocycles. The molecule has 86 valence electrons. The van der Waals surface area contributed by atoms with E-state index in [0.717, 1.165) is 0 Å². The Labute approximate surface area is 93.0 Å². The SMILES string of the molecule is CC(CO)NC(=O)c1cccc2c1OCO2. The van der Waals surface area contributed by atoms with Gasteiger partial charge in [-0.15, -0.1) is 0 Å². The molecule has 5 heteroatoms. The van der Waals surface area contributed by atoms with E-state index in [0.29, 0.717) is 17.1 Å². The highest BCUT2D eigenvalue weighted by Gasteiger charge is 2.22. The molecule has 0 saturated heterocycles. The van der Waals surface area contributed by atoms with Crippen LogP contribution in [0.5, 0.6) is 11.5 Å². The van der Waals surface area contributed by atoms with Crippen molar-refractivity contribution in [3.8, 4) is 11.5 Å². The van der Waals surface area contributed by atoms with E-state index in [1.807, 2.05) is 0 Å². The van der Waals surface area contributed by atoms with E-state index in [1.165, 1.54) is 0 Å². The first-order valence-corrected chi connectivity index (χ1v) is 5.02. The molecule has 0 spiro atoms. The second-order valence-electron chi connectivity index (χ2n) is 3.60. The van der Waals surface area contributed by atoms with Crippen LogP contribution < -0.4 is 14.8 Å². The number of hydrogen-bond acceptors (Lipinski definition) is 4. The Kier molecular flexibility index (Phi) is 2.96. The average Bonchev–Trinajstić information content (AvgIpc) is 2.76. The summed E-state index contributed by atoms with van der Waals surface area (Å²) in [6.07, 6.45) is 0. The molecule has 0 fully saturated rings. The zero-order chi connectivity index (χ0) is 11.5. The van der Waals surface area contributed by atoms with Crippen LogP contribution in [0.1, 0.15) is 17.3 Å². The number of ether oxygens (including phenoxy) is 2. The largest absolute Gasteiger partial charge is 0.454 e. The lowest BCUT2D eigenvalue weighted by Gasteiger charge is -2.11. The third-order valence-electron chi connectivity index (χ3n) is 2.29. The van der Waals surface area contributed by atoms with Gasteiger partial charge in [0, 0.05) is 6.04 Å². The van der Waals surface area contributed by atoms with Crippen molar-refractivity contribution in [3.63, 3.8) is 0 Å². The minimum Gasteiger partial charge on any atom is -0.454 e. The summed E-state index contributed by atoms with van der Waals surface area (Å²) in [5, 5.41) is 11.5. The van der Waals surface area contributed by atoms with Crippen molar-refractivity contribution >= 4 is 5.91 Å². The quantitative estimate of drug-likeness (QED) is 0.784. The molecule has 0 aliphatic carbocycles. The number of amides is 1. The second kappa shape index (κ2) is 4.40. The summed E-state index contributed by atoms with van der Waals surface area (Å²) < 4.78 is 10.4. The second-order valence-corrected chi connectivity index (χ2v) is 3.60.